The number of nitrogens with two attached hydrogens (primary N) is 1. The van der Waals surface area contributed by atoms with E-state index >= 15 is 0 Å². The van der Waals surface area contributed by atoms with Gasteiger partial charge in [-0.15, -0.1) is 23.7 Å². The Labute approximate surface area is 141 Å². The molecule has 5 nitrogen and oxygen atoms in total. The van der Waals surface area contributed by atoms with Crippen molar-refractivity contribution in [3.8, 4) is 0 Å². The normalized spacial score (nSPS) is 17.8. The van der Waals surface area contributed by atoms with Gasteiger partial charge in [-0.2, -0.15) is 0 Å². The molecular formula is C15H24ClN3O2S. The van der Waals surface area contributed by atoms with Gasteiger partial charge in [-0.3, -0.25) is 9.59 Å². The summed E-state index contributed by atoms with van der Waals surface area (Å²) in [4.78, 5) is 27.2. The standard InChI is InChI=1S/C15H23N3O2S.ClH/c16-8-4-2-1-3-7-13(19)18-10-9-17-15(20)14(18)12-6-5-11-21-12;/h5-6,11,14H,1-4,7-10,16H2,(H,17,20);1H. The first-order chi connectivity index (χ1) is 10.2. The predicted octanol–water partition coefficient (Wildman–Crippen LogP) is 2.08. The van der Waals surface area contributed by atoms with Gasteiger partial charge in [0.25, 0.3) is 0 Å². The molecule has 0 spiro atoms. The number of nitrogens with zero attached hydrogens (tertiary/aromatic N) is 1. The Morgan fingerprint density at radius 2 is 2.14 bits per heavy atom. The lowest BCUT2D eigenvalue weighted by Crippen LogP contribution is -2.51. The lowest BCUT2D eigenvalue weighted by Gasteiger charge is -2.34. The highest BCUT2D eigenvalue weighted by atomic mass is 35.5. The van der Waals surface area contributed by atoms with Gasteiger partial charge in [-0.1, -0.05) is 18.9 Å². The number of hydrogen-bond acceptors (Lipinski definition) is 4. The average Bonchev–Trinajstić information content (AvgIpc) is 3.00. The molecule has 1 aromatic heterocycles. The van der Waals surface area contributed by atoms with Crippen molar-refractivity contribution in [1.82, 2.24) is 10.2 Å². The van der Waals surface area contributed by atoms with Crippen LogP contribution in [0.4, 0.5) is 0 Å². The van der Waals surface area contributed by atoms with Gasteiger partial charge in [0.15, 0.2) is 0 Å². The summed E-state index contributed by atoms with van der Waals surface area (Å²) in [6, 6.07) is 3.38. The fraction of sp³-hybridized carbons (Fsp3) is 0.600. The maximum atomic E-state index is 12.4. The van der Waals surface area contributed by atoms with Crippen molar-refractivity contribution >= 4 is 35.6 Å². The largest absolute Gasteiger partial charge is 0.352 e. The third kappa shape index (κ3) is 4.97. The maximum Gasteiger partial charge on any atom is 0.248 e. The molecule has 22 heavy (non-hydrogen) atoms. The Morgan fingerprint density at radius 3 is 2.82 bits per heavy atom. The van der Waals surface area contributed by atoms with Crippen LogP contribution in [-0.4, -0.2) is 36.3 Å². The lowest BCUT2D eigenvalue weighted by atomic mass is 10.1. The molecule has 1 unspecified atom stereocenters. The summed E-state index contributed by atoms with van der Waals surface area (Å²) in [5, 5.41) is 4.79. The van der Waals surface area contributed by atoms with Gasteiger partial charge in [0, 0.05) is 24.4 Å². The van der Waals surface area contributed by atoms with Crippen LogP contribution in [-0.2, 0) is 9.59 Å². The molecule has 2 rings (SSSR count). The topological polar surface area (TPSA) is 75.4 Å². The van der Waals surface area contributed by atoms with E-state index in [9.17, 15) is 9.59 Å². The highest BCUT2D eigenvalue weighted by Crippen LogP contribution is 2.28. The SMILES string of the molecule is Cl.NCCCCCCC(=O)N1CCNC(=O)C1c1cccs1. The molecule has 2 amide bonds. The van der Waals surface area contributed by atoms with Gasteiger partial charge in [0.05, 0.1) is 0 Å². The summed E-state index contributed by atoms with van der Waals surface area (Å²) < 4.78 is 0. The molecule has 0 aliphatic carbocycles. The maximum absolute atomic E-state index is 12.4. The summed E-state index contributed by atoms with van der Waals surface area (Å²) in [7, 11) is 0. The minimum absolute atomic E-state index is 0. The summed E-state index contributed by atoms with van der Waals surface area (Å²) in [5.41, 5.74) is 5.46. The molecule has 124 valence electrons. The van der Waals surface area contributed by atoms with Crippen molar-refractivity contribution < 1.29 is 9.59 Å². The number of rotatable bonds is 7. The van der Waals surface area contributed by atoms with Crippen molar-refractivity contribution in [2.24, 2.45) is 5.73 Å². The number of amides is 2. The highest BCUT2D eigenvalue weighted by molar-refractivity contribution is 7.10. The van der Waals surface area contributed by atoms with Crippen LogP contribution in [0.3, 0.4) is 0 Å². The first kappa shape index (κ1) is 18.9. The van der Waals surface area contributed by atoms with E-state index in [4.69, 9.17) is 5.73 Å². The molecule has 1 saturated heterocycles. The quantitative estimate of drug-likeness (QED) is 0.743. The van der Waals surface area contributed by atoms with Crippen molar-refractivity contribution in [3.05, 3.63) is 22.4 Å². The molecule has 1 aromatic rings. The van der Waals surface area contributed by atoms with Gasteiger partial charge >= 0.3 is 0 Å². The van der Waals surface area contributed by atoms with E-state index in [1.807, 2.05) is 17.5 Å². The minimum Gasteiger partial charge on any atom is -0.352 e. The second kappa shape index (κ2) is 9.82. The van der Waals surface area contributed by atoms with Crippen molar-refractivity contribution in [1.29, 1.82) is 0 Å². The van der Waals surface area contributed by atoms with E-state index in [1.165, 1.54) is 11.3 Å². The number of thiophene rings is 1. The minimum atomic E-state index is -0.449. The van der Waals surface area contributed by atoms with Crippen LogP contribution < -0.4 is 11.1 Å². The lowest BCUT2D eigenvalue weighted by molar-refractivity contribution is -0.143. The summed E-state index contributed by atoms with van der Waals surface area (Å²) >= 11 is 1.52. The third-order valence-corrected chi connectivity index (χ3v) is 4.61. The second-order valence-electron chi connectivity index (χ2n) is 5.25. The summed E-state index contributed by atoms with van der Waals surface area (Å²) in [5.74, 6) is 0.0104. The van der Waals surface area contributed by atoms with E-state index < -0.39 is 6.04 Å². The Kier molecular flexibility index (Phi) is 8.45. The highest BCUT2D eigenvalue weighted by Gasteiger charge is 2.34. The summed E-state index contributed by atoms with van der Waals surface area (Å²) in [6.07, 6.45) is 4.48. The molecule has 1 fully saturated rings. The predicted molar refractivity (Wildman–Crippen MR) is 91.2 cm³/mol. The van der Waals surface area contributed by atoms with Gasteiger partial charge in [0.1, 0.15) is 6.04 Å². The Hall–Kier alpha value is -1.11. The molecule has 0 radical (unpaired) electrons. The Bertz CT molecular complexity index is 467. The molecular weight excluding hydrogens is 322 g/mol. The van der Waals surface area contributed by atoms with Crippen LogP contribution in [0.1, 0.15) is 43.0 Å². The zero-order valence-electron chi connectivity index (χ0n) is 12.6. The summed E-state index contributed by atoms with van der Waals surface area (Å²) in [6.45, 7) is 1.84. The molecule has 0 saturated carbocycles. The van der Waals surface area contributed by atoms with Crippen LogP contribution in [0.15, 0.2) is 17.5 Å². The monoisotopic (exact) mass is 345 g/mol. The molecule has 1 aliphatic heterocycles. The number of halogens is 1. The smallest absolute Gasteiger partial charge is 0.248 e. The number of unbranched alkanes of at least 4 members (excludes halogenated alkanes) is 3. The zero-order chi connectivity index (χ0) is 15.1. The Balaban J connectivity index is 0.00000242. The second-order valence-corrected chi connectivity index (χ2v) is 6.23. The van der Waals surface area contributed by atoms with Crippen LogP contribution in [0.25, 0.3) is 0 Å². The molecule has 2 heterocycles. The number of carbonyl (C=O) groups excluding carboxylic acids is 2. The van der Waals surface area contributed by atoms with Crippen LogP contribution in [0.5, 0.6) is 0 Å². The van der Waals surface area contributed by atoms with E-state index in [1.54, 1.807) is 4.90 Å². The van der Waals surface area contributed by atoms with Gasteiger partial charge in [-0.05, 0) is 30.8 Å². The van der Waals surface area contributed by atoms with E-state index in [0.717, 1.165) is 30.6 Å². The molecule has 1 atom stereocenters. The zero-order valence-corrected chi connectivity index (χ0v) is 14.3. The fourth-order valence-corrected chi connectivity index (χ4v) is 3.42. The van der Waals surface area contributed by atoms with Crippen molar-refractivity contribution in [2.75, 3.05) is 19.6 Å². The molecule has 3 N–H and O–H groups in total. The van der Waals surface area contributed by atoms with E-state index in [-0.39, 0.29) is 24.2 Å². The molecule has 7 heteroatoms. The van der Waals surface area contributed by atoms with E-state index in [0.29, 0.717) is 26.1 Å². The van der Waals surface area contributed by atoms with Crippen molar-refractivity contribution in [3.63, 3.8) is 0 Å². The molecule has 1 aliphatic rings. The van der Waals surface area contributed by atoms with Crippen LogP contribution >= 0.6 is 23.7 Å². The first-order valence-corrected chi connectivity index (χ1v) is 8.42. The van der Waals surface area contributed by atoms with Crippen molar-refractivity contribution in [2.45, 2.75) is 38.1 Å². The Morgan fingerprint density at radius 1 is 1.36 bits per heavy atom. The number of hydrogen-bond donors (Lipinski definition) is 2. The molecule has 0 bridgehead atoms. The average molecular weight is 346 g/mol. The van der Waals surface area contributed by atoms with E-state index in [2.05, 4.69) is 5.32 Å². The number of nitrogens with one attached hydrogen (secondary N) is 1. The van der Waals surface area contributed by atoms with Gasteiger partial charge in [-0.25, -0.2) is 0 Å². The number of piperazine rings is 1. The molecule has 0 aromatic carbocycles. The number of carbonyl (C=O) groups is 2. The van der Waals surface area contributed by atoms with Crippen LogP contribution in [0, 0.1) is 0 Å². The fourth-order valence-electron chi connectivity index (χ4n) is 2.58. The van der Waals surface area contributed by atoms with Gasteiger partial charge < -0.3 is 16.0 Å². The van der Waals surface area contributed by atoms with Gasteiger partial charge in [0.2, 0.25) is 11.8 Å². The first-order valence-electron chi connectivity index (χ1n) is 7.54. The van der Waals surface area contributed by atoms with Crippen LogP contribution in [0.2, 0.25) is 0 Å². The third-order valence-electron chi connectivity index (χ3n) is 3.69.